The summed E-state index contributed by atoms with van der Waals surface area (Å²) in [5.74, 6) is -0.0356. The molecule has 2 aromatic heterocycles. The van der Waals surface area contributed by atoms with E-state index in [0.29, 0.717) is 11.2 Å². The van der Waals surface area contributed by atoms with Crippen molar-refractivity contribution >= 4 is 22.4 Å². The highest BCUT2D eigenvalue weighted by Crippen LogP contribution is 2.22. The molecule has 0 fully saturated rings. The van der Waals surface area contributed by atoms with Crippen LogP contribution in [0.1, 0.15) is 10.5 Å². The van der Waals surface area contributed by atoms with E-state index >= 15 is 0 Å². The Morgan fingerprint density at radius 3 is 2.71 bits per heavy atom. The van der Waals surface area contributed by atoms with Crippen molar-refractivity contribution in [1.82, 2.24) is 9.13 Å². The van der Waals surface area contributed by atoms with Gasteiger partial charge in [0.2, 0.25) is 0 Å². The highest BCUT2D eigenvalue weighted by atomic mass is 16.6. The van der Waals surface area contributed by atoms with E-state index in [1.807, 2.05) is 25.4 Å². The number of benzene rings is 1. The zero-order chi connectivity index (χ0) is 15.0. The number of fused-ring (bicyclic) bond motifs is 1. The number of carbonyl (C=O) groups excluding carboxylic acids is 1. The maximum absolute atomic E-state index is 12.3. The summed E-state index contributed by atoms with van der Waals surface area (Å²) in [6.07, 6.45) is 3.58. The van der Waals surface area contributed by atoms with Crippen LogP contribution in [-0.2, 0) is 13.6 Å². The average molecular weight is 283 g/mol. The van der Waals surface area contributed by atoms with Gasteiger partial charge in [-0.3, -0.25) is 14.9 Å². The molecule has 0 spiro atoms. The van der Waals surface area contributed by atoms with Gasteiger partial charge in [0.15, 0.2) is 5.78 Å². The summed E-state index contributed by atoms with van der Waals surface area (Å²) in [4.78, 5) is 22.7. The number of Topliss-reactive ketones (excluding diaryl/α,β-unsaturated/α-hetero) is 1. The first-order valence-electron chi connectivity index (χ1n) is 6.44. The fraction of sp³-hybridized carbons (Fsp3) is 0.133. The molecular weight excluding hydrogens is 270 g/mol. The second-order valence-electron chi connectivity index (χ2n) is 4.87. The van der Waals surface area contributed by atoms with E-state index in [2.05, 4.69) is 0 Å². The van der Waals surface area contributed by atoms with Crippen LogP contribution in [0.2, 0.25) is 0 Å². The van der Waals surface area contributed by atoms with E-state index in [1.165, 1.54) is 12.1 Å². The van der Waals surface area contributed by atoms with Crippen LogP contribution in [0.3, 0.4) is 0 Å². The summed E-state index contributed by atoms with van der Waals surface area (Å²) in [5, 5.41) is 11.7. The number of rotatable bonds is 4. The Morgan fingerprint density at radius 1 is 1.24 bits per heavy atom. The van der Waals surface area contributed by atoms with Gasteiger partial charge in [0.1, 0.15) is 0 Å². The number of nitrogens with zero attached hydrogens (tertiary/aromatic N) is 3. The topological polar surface area (TPSA) is 70.1 Å². The normalized spacial score (nSPS) is 10.9. The zero-order valence-electron chi connectivity index (χ0n) is 11.4. The number of hydrogen-bond acceptors (Lipinski definition) is 3. The smallest absolute Gasteiger partial charge is 0.271 e. The average Bonchev–Trinajstić information content (AvgIpc) is 3.05. The van der Waals surface area contributed by atoms with Crippen molar-refractivity contribution in [3.8, 4) is 0 Å². The van der Waals surface area contributed by atoms with Crippen LogP contribution in [0.25, 0.3) is 10.9 Å². The third kappa shape index (κ3) is 2.31. The Labute approximate surface area is 120 Å². The molecule has 0 aliphatic heterocycles. The van der Waals surface area contributed by atoms with Crippen LogP contribution < -0.4 is 0 Å². The fourth-order valence-electron chi connectivity index (χ4n) is 2.41. The number of nitro groups is 1. The van der Waals surface area contributed by atoms with Gasteiger partial charge in [-0.25, -0.2) is 0 Å². The van der Waals surface area contributed by atoms with Crippen LogP contribution in [0.4, 0.5) is 5.69 Å². The lowest BCUT2D eigenvalue weighted by Gasteiger charge is -2.06. The minimum absolute atomic E-state index is 0.0220. The van der Waals surface area contributed by atoms with Crippen LogP contribution in [-0.4, -0.2) is 19.8 Å². The molecule has 3 aromatic rings. The van der Waals surface area contributed by atoms with Gasteiger partial charge in [0.25, 0.3) is 5.69 Å². The van der Waals surface area contributed by atoms with E-state index in [-0.39, 0.29) is 18.0 Å². The van der Waals surface area contributed by atoms with E-state index in [0.717, 1.165) is 5.39 Å². The maximum atomic E-state index is 12.3. The Balaban J connectivity index is 1.97. The molecule has 0 N–H and O–H groups in total. The summed E-state index contributed by atoms with van der Waals surface area (Å²) >= 11 is 0. The summed E-state index contributed by atoms with van der Waals surface area (Å²) in [5.41, 5.74) is 1.32. The van der Waals surface area contributed by atoms with Crippen molar-refractivity contribution in [1.29, 1.82) is 0 Å². The molecule has 0 atom stereocenters. The van der Waals surface area contributed by atoms with Crippen LogP contribution >= 0.6 is 0 Å². The van der Waals surface area contributed by atoms with Crippen molar-refractivity contribution in [3.05, 3.63) is 64.6 Å². The number of aryl methyl sites for hydroxylation is 1. The van der Waals surface area contributed by atoms with Gasteiger partial charge in [-0.1, -0.05) is 0 Å². The van der Waals surface area contributed by atoms with E-state index < -0.39 is 4.92 Å². The molecule has 21 heavy (non-hydrogen) atoms. The standard InChI is InChI=1S/C15H13N3O3/c1-16-7-2-3-13(16)15(19)10-17-8-6-11-4-5-12(18(20)21)9-14(11)17/h2-9H,10H2,1H3. The molecule has 6 heteroatoms. The Bertz CT molecular complexity index is 845. The molecule has 2 heterocycles. The van der Waals surface area contributed by atoms with E-state index in [9.17, 15) is 14.9 Å². The van der Waals surface area contributed by atoms with E-state index in [1.54, 1.807) is 27.5 Å². The molecule has 0 amide bonds. The number of aromatic nitrogens is 2. The number of nitro benzene ring substituents is 1. The van der Waals surface area contributed by atoms with Gasteiger partial charge < -0.3 is 9.13 Å². The number of ketones is 1. The van der Waals surface area contributed by atoms with Crippen molar-refractivity contribution in [2.45, 2.75) is 6.54 Å². The van der Waals surface area contributed by atoms with Gasteiger partial charge in [0, 0.05) is 37.0 Å². The molecule has 0 bridgehead atoms. The summed E-state index contributed by atoms with van der Waals surface area (Å²) in [7, 11) is 1.81. The third-order valence-electron chi connectivity index (χ3n) is 3.51. The van der Waals surface area contributed by atoms with Crippen LogP contribution in [0.5, 0.6) is 0 Å². The number of non-ortho nitro benzene ring substituents is 1. The molecule has 3 rings (SSSR count). The first-order valence-corrected chi connectivity index (χ1v) is 6.44. The van der Waals surface area contributed by atoms with E-state index in [4.69, 9.17) is 0 Å². The second kappa shape index (κ2) is 4.90. The van der Waals surface area contributed by atoms with Gasteiger partial charge >= 0.3 is 0 Å². The summed E-state index contributed by atoms with van der Waals surface area (Å²) in [6, 6.07) is 10.1. The fourth-order valence-corrected chi connectivity index (χ4v) is 2.41. The largest absolute Gasteiger partial charge is 0.348 e. The Morgan fingerprint density at radius 2 is 2.05 bits per heavy atom. The molecule has 0 aliphatic rings. The van der Waals surface area contributed by atoms with Crippen molar-refractivity contribution in [3.63, 3.8) is 0 Å². The van der Waals surface area contributed by atoms with Gasteiger partial charge in [-0.05, 0) is 24.3 Å². The van der Waals surface area contributed by atoms with Gasteiger partial charge in [-0.15, -0.1) is 0 Å². The Hall–Kier alpha value is -2.89. The highest BCUT2D eigenvalue weighted by molar-refractivity contribution is 5.95. The molecule has 0 saturated heterocycles. The molecular formula is C15H13N3O3. The number of hydrogen-bond donors (Lipinski definition) is 0. The predicted molar refractivity (Wildman–Crippen MR) is 78.3 cm³/mol. The highest BCUT2D eigenvalue weighted by Gasteiger charge is 2.13. The lowest BCUT2D eigenvalue weighted by Crippen LogP contribution is -2.12. The SMILES string of the molecule is Cn1cccc1C(=O)Cn1ccc2ccc([N+](=O)[O-])cc21. The summed E-state index contributed by atoms with van der Waals surface area (Å²) in [6.45, 7) is 0.155. The van der Waals surface area contributed by atoms with Crippen molar-refractivity contribution in [2.24, 2.45) is 7.05 Å². The third-order valence-corrected chi connectivity index (χ3v) is 3.51. The Kier molecular flexibility index (Phi) is 3.06. The maximum Gasteiger partial charge on any atom is 0.271 e. The quantitative estimate of drug-likeness (QED) is 0.420. The monoisotopic (exact) mass is 283 g/mol. The van der Waals surface area contributed by atoms with Crippen LogP contribution in [0, 0.1) is 10.1 Å². The molecule has 0 aliphatic carbocycles. The van der Waals surface area contributed by atoms with Crippen molar-refractivity contribution < 1.29 is 9.72 Å². The minimum atomic E-state index is -0.435. The predicted octanol–water partition coefficient (Wildman–Crippen LogP) is 2.77. The summed E-state index contributed by atoms with van der Waals surface area (Å²) < 4.78 is 3.49. The number of carbonyl (C=O) groups is 1. The zero-order valence-corrected chi connectivity index (χ0v) is 11.4. The van der Waals surface area contributed by atoms with Gasteiger partial charge in [0.05, 0.1) is 22.7 Å². The van der Waals surface area contributed by atoms with Gasteiger partial charge in [-0.2, -0.15) is 0 Å². The second-order valence-corrected chi connectivity index (χ2v) is 4.87. The lowest BCUT2D eigenvalue weighted by atomic mass is 10.2. The molecule has 0 radical (unpaired) electrons. The lowest BCUT2D eigenvalue weighted by molar-refractivity contribution is -0.384. The molecule has 0 unspecified atom stereocenters. The van der Waals surface area contributed by atoms with Crippen molar-refractivity contribution in [2.75, 3.05) is 0 Å². The minimum Gasteiger partial charge on any atom is -0.348 e. The first kappa shape index (κ1) is 13.1. The molecule has 106 valence electrons. The molecule has 6 nitrogen and oxygen atoms in total. The first-order chi connectivity index (χ1) is 10.1. The van der Waals surface area contributed by atoms with Crippen LogP contribution in [0.15, 0.2) is 48.8 Å². The molecule has 1 aromatic carbocycles. The molecule has 0 saturated carbocycles.